The number of likely N-dealkylation sites (tertiary alicyclic amines) is 1. The van der Waals surface area contributed by atoms with Gasteiger partial charge in [-0.05, 0) is 57.6 Å². The molecule has 28 heavy (non-hydrogen) atoms. The van der Waals surface area contributed by atoms with E-state index in [-0.39, 0.29) is 11.3 Å². The Labute approximate surface area is 169 Å². The van der Waals surface area contributed by atoms with Crippen molar-refractivity contribution in [2.75, 3.05) is 45.8 Å². The molecule has 0 aromatic heterocycles. The Morgan fingerprint density at radius 1 is 1.11 bits per heavy atom. The summed E-state index contributed by atoms with van der Waals surface area (Å²) in [6.45, 7) is 5.98. The summed E-state index contributed by atoms with van der Waals surface area (Å²) in [5.74, 6) is 1.04. The Kier molecular flexibility index (Phi) is 7.43. The van der Waals surface area contributed by atoms with Crippen LogP contribution in [0.25, 0.3) is 0 Å². The molecule has 6 nitrogen and oxygen atoms in total. The van der Waals surface area contributed by atoms with Gasteiger partial charge in [0, 0.05) is 37.8 Å². The fourth-order valence-corrected chi connectivity index (χ4v) is 4.54. The minimum absolute atomic E-state index is 0.280. The largest absolute Gasteiger partial charge is 0.506 e. The van der Waals surface area contributed by atoms with Crippen LogP contribution in [0.15, 0.2) is 18.2 Å². The number of rotatable bonds is 8. The number of piperidine rings is 1. The van der Waals surface area contributed by atoms with E-state index < -0.39 is 0 Å². The van der Waals surface area contributed by atoms with E-state index in [1.807, 2.05) is 6.07 Å². The number of benzene rings is 1. The van der Waals surface area contributed by atoms with Gasteiger partial charge in [0.1, 0.15) is 11.5 Å². The molecule has 2 fully saturated rings. The van der Waals surface area contributed by atoms with Gasteiger partial charge in [-0.1, -0.05) is 0 Å². The number of nitrogens with zero attached hydrogens (tertiary/aromatic N) is 1. The molecule has 0 amide bonds. The molecule has 3 rings (SSSR count). The average Bonchev–Trinajstić information content (AvgIpc) is 2.72. The number of anilines is 1. The number of phenolic OH excluding ortho intramolecular Hbond substituents is 1. The fourth-order valence-electron chi connectivity index (χ4n) is 4.54. The van der Waals surface area contributed by atoms with Crippen LogP contribution in [-0.4, -0.2) is 68.2 Å². The second-order valence-corrected chi connectivity index (χ2v) is 8.35. The lowest BCUT2D eigenvalue weighted by Crippen LogP contribution is -2.53. The molecule has 1 saturated carbocycles. The van der Waals surface area contributed by atoms with Crippen LogP contribution in [0.1, 0.15) is 45.4 Å². The summed E-state index contributed by atoms with van der Waals surface area (Å²) in [6.07, 6.45) is 7.21. The van der Waals surface area contributed by atoms with Crippen LogP contribution in [0.5, 0.6) is 11.5 Å². The van der Waals surface area contributed by atoms with Gasteiger partial charge in [0.25, 0.3) is 0 Å². The van der Waals surface area contributed by atoms with E-state index in [2.05, 4.69) is 17.1 Å². The molecule has 0 radical (unpaired) electrons. The zero-order valence-electron chi connectivity index (χ0n) is 17.6. The lowest BCUT2D eigenvalue weighted by Gasteiger charge is -2.48. The van der Waals surface area contributed by atoms with E-state index in [1.54, 1.807) is 26.4 Å². The molecular formula is C22H36N2O4. The van der Waals surface area contributed by atoms with Crippen LogP contribution in [-0.2, 0) is 9.47 Å². The van der Waals surface area contributed by atoms with E-state index in [0.717, 1.165) is 50.2 Å². The maximum Gasteiger partial charge on any atom is 0.138 e. The zero-order chi connectivity index (χ0) is 20.0. The summed E-state index contributed by atoms with van der Waals surface area (Å²) in [5.41, 5.74) is 1.04. The van der Waals surface area contributed by atoms with E-state index >= 15 is 0 Å². The third kappa shape index (κ3) is 5.31. The first-order valence-corrected chi connectivity index (χ1v) is 10.5. The SMILES string of the molecule is COCCO[C@H]1CC[C@](C)(N2CCC(Nc3cc(OC)ccc3O)CC2)CC1. The maximum absolute atomic E-state index is 10.1. The molecule has 1 aromatic rings. The van der Waals surface area contributed by atoms with Gasteiger partial charge in [-0.3, -0.25) is 4.90 Å². The first-order chi connectivity index (χ1) is 13.5. The highest BCUT2D eigenvalue weighted by molar-refractivity contribution is 5.59. The standard InChI is InChI=1S/C22H36N2O4/c1-22(10-6-18(7-11-22)28-15-14-26-2)24-12-8-17(9-13-24)23-20-16-19(27-3)4-5-21(20)25/h4-5,16-18,23,25H,6-15H2,1-3H3/t18-,22-. The van der Waals surface area contributed by atoms with Crippen LogP contribution in [0.3, 0.4) is 0 Å². The van der Waals surface area contributed by atoms with Gasteiger partial charge < -0.3 is 24.6 Å². The second kappa shape index (κ2) is 9.81. The molecule has 0 atom stereocenters. The van der Waals surface area contributed by atoms with Crippen molar-refractivity contribution < 1.29 is 19.3 Å². The number of aromatic hydroxyl groups is 1. The molecule has 0 unspecified atom stereocenters. The fraction of sp³-hybridized carbons (Fsp3) is 0.727. The predicted molar refractivity (Wildman–Crippen MR) is 111 cm³/mol. The first-order valence-electron chi connectivity index (χ1n) is 10.5. The van der Waals surface area contributed by atoms with Gasteiger partial charge >= 0.3 is 0 Å². The third-order valence-electron chi connectivity index (χ3n) is 6.47. The number of hydrogen-bond donors (Lipinski definition) is 2. The van der Waals surface area contributed by atoms with Gasteiger partial charge in [0.05, 0.1) is 32.1 Å². The number of nitrogens with one attached hydrogen (secondary N) is 1. The van der Waals surface area contributed by atoms with Crippen LogP contribution in [0.2, 0.25) is 0 Å². The molecule has 6 heteroatoms. The highest BCUT2D eigenvalue weighted by atomic mass is 16.5. The Hall–Kier alpha value is -1.50. The molecule has 0 spiro atoms. The summed E-state index contributed by atoms with van der Waals surface area (Å²) in [4.78, 5) is 2.67. The van der Waals surface area contributed by atoms with E-state index in [9.17, 15) is 5.11 Å². The van der Waals surface area contributed by atoms with Crippen LogP contribution < -0.4 is 10.1 Å². The van der Waals surface area contributed by atoms with Crippen LogP contribution >= 0.6 is 0 Å². The van der Waals surface area contributed by atoms with Crippen LogP contribution in [0, 0.1) is 0 Å². The van der Waals surface area contributed by atoms with Crippen molar-refractivity contribution in [3.63, 3.8) is 0 Å². The molecule has 1 saturated heterocycles. The van der Waals surface area contributed by atoms with Crippen LogP contribution in [0.4, 0.5) is 5.69 Å². The monoisotopic (exact) mass is 392 g/mol. The van der Waals surface area contributed by atoms with Crippen molar-refractivity contribution in [1.29, 1.82) is 0 Å². The van der Waals surface area contributed by atoms with Crippen molar-refractivity contribution in [2.24, 2.45) is 0 Å². The molecule has 1 aliphatic heterocycles. The van der Waals surface area contributed by atoms with E-state index in [1.165, 1.54) is 12.8 Å². The molecule has 158 valence electrons. The summed E-state index contributed by atoms with van der Waals surface area (Å²) >= 11 is 0. The van der Waals surface area contributed by atoms with Gasteiger partial charge in [0.2, 0.25) is 0 Å². The minimum atomic E-state index is 0.280. The smallest absolute Gasteiger partial charge is 0.138 e. The average molecular weight is 393 g/mol. The third-order valence-corrected chi connectivity index (χ3v) is 6.47. The summed E-state index contributed by atoms with van der Waals surface area (Å²) in [5, 5.41) is 13.6. The number of phenols is 1. The van der Waals surface area contributed by atoms with E-state index in [0.29, 0.717) is 25.4 Å². The molecular weight excluding hydrogens is 356 g/mol. The minimum Gasteiger partial charge on any atom is -0.506 e. The quantitative estimate of drug-likeness (QED) is 0.520. The molecule has 2 aliphatic rings. The molecule has 1 heterocycles. The summed E-state index contributed by atoms with van der Waals surface area (Å²) in [6, 6.07) is 5.71. The number of methoxy groups -OCH3 is 2. The molecule has 1 aromatic carbocycles. The summed E-state index contributed by atoms with van der Waals surface area (Å²) < 4.78 is 16.3. The number of ether oxygens (including phenoxy) is 3. The molecule has 1 aliphatic carbocycles. The molecule has 0 bridgehead atoms. The highest BCUT2D eigenvalue weighted by Crippen LogP contribution is 2.37. The Morgan fingerprint density at radius 3 is 2.46 bits per heavy atom. The number of hydrogen-bond acceptors (Lipinski definition) is 6. The lowest BCUT2D eigenvalue weighted by molar-refractivity contribution is -0.0398. The summed E-state index contributed by atoms with van der Waals surface area (Å²) in [7, 11) is 3.36. The normalized spacial score (nSPS) is 26.9. The lowest BCUT2D eigenvalue weighted by atomic mass is 9.79. The van der Waals surface area contributed by atoms with Gasteiger partial charge in [-0.25, -0.2) is 0 Å². The van der Waals surface area contributed by atoms with Crippen molar-refractivity contribution >= 4 is 5.69 Å². The Bertz CT molecular complexity index is 609. The van der Waals surface area contributed by atoms with Gasteiger partial charge in [0.15, 0.2) is 0 Å². The first kappa shape index (κ1) is 21.2. The van der Waals surface area contributed by atoms with Crippen molar-refractivity contribution in [3.05, 3.63) is 18.2 Å². The predicted octanol–water partition coefficient (Wildman–Crippen LogP) is 3.64. The Morgan fingerprint density at radius 2 is 1.82 bits per heavy atom. The van der Waals surface area contributed by atoms with Crippen molar-refractivity contribution in [1.82, 2.24) is 4.90 Å². The van der Waals surface area contributed by atoms with Crippen molar-refractivity contribution in [2.45, 2.75) is 63.1 Å². The molecule has 2 N–H and O–H groups in total. The Balaban J connectivity index is 1.46. The topological polar surface area (TPSA) is 63.2 Å². The van der Waals surface area contributed by atoms with Gasteiger partial charge in [-0.2, -0.15) is 0 Å². The maximum atomic E-state index is 10.1. The highest BCUT2D eigenvalue weighted by Gasteiger charge is 2.38. The second-order valence-electron chi connectivity index (χ2n) is 8.35. The zero-order valence-corrected chi connectivity index (χ0v) is 17.6. The van der Waals surface area contributed by atoms with Gasteiger partial charge in [-0.15, -0.1) is 0 Å². The van der Waals surface area contributed by atoms with Crippen molar-refractivity contribution in [3.8, 4) is 11.5 Å². The van der Waals surface area contributed by atoms with E-state index in [4.69, 9.17) is 14.2 Å².